The van der Waals surface area contributed by atoms with Gasteiger partial charge in [0.25, 0.3) is 0 Å². The molecule has 0 unspecified atom stereocenters. The average molecular weight is 429 g/mol. The Hall–Kier alpha value is -1.25. The lowest BCUT2D eigenvalue weighted by atomic mass is 9.68. The molecular formula is C26H37O3P. The van der Waals surface area contributed by atoms with Crippen molar-refractivity contribution >= 4 is 8.60 Å². The molecule has 0 aromatic heterocycles. The van der Waals surface area contributed by atoms with Crippen LogP contribution >= 0.6 is 8.60 Å². The summed E-state index contributed by atoms with van der Waals surface area (Å²) in [6.45, 7) is 22.2. The van der Waals surface area contributed by atoms with Crippen molar-refractivity contribution in [2.75, 3.05) is 0 Å². The fourth-order valence-corrected chi connectivity index (χ4v) is 5.30. The lowest BCUT2D eigenvalue weighted by molar-refractivity contribution is 0.169. The summed E-state index contributed by atoms with van der Waals surface area (Å²) < 4.78 is 5.82. The smallest absolute Gasteiger partial charge is 0.327 e. The highest BCUT2D eigenvalue weighted by Gasteiger charge is 2.37. The van der Waals surface area contributed by atoms with Gasteiger partial charge in [-0.2, -0.15) is 0 Å². The van der Waals surface area contributed by atoms with Crippen molar-refractivity contribution in [1.82, 2.24) is 0 Å². The van der Waals surface area contributed by atoms with Crippen LogP contribution in [-0.4, -0.2) is 9.79 Å². The number of hydrogen-bond donors (Lipinski definition) is 2. The summed E-state index contributed by atoms with van der Waals surface area (Å²) in [6.07, 6.45) is 0.284. The van der Waals surface area contributed by atoms with Gasteiger partial charge in [0, 0.05) is 6.42 Å². The summed E-state index contributed by atoms with van der Waals surface area (Å²) in [5.41, 5.74) is 12.5. The Morgan fingerprint density at radius 1 is 0.800 bits per heavy atom. The van der Waals surface area contributed by atoms with Crippen LogP contribution in [0.2, 0.25) is 0 Å². The van der Waals surface area contributed by atoms with E-state index < -0.39 is 8.60 Å². The second kappa shape index (κ2) is 7.71. The van der Waals surface area contributed by atoms with Gasteiger partial charge in [0.1, 0.15) is 0 Å². The van der Waals surface area contributed by atoms with Crippen LogP contribution in [0.3, 0.4) is 0 Å². The molecule has 0 saturated heterocycles. The topological polar surface area (TPSA) is 49.7 Å². The largest absolute Gasteiger partial charge is 0.328 e. The predicted octanol–water partition coefficient (Wildman–Crippen LogP) is 7.01. The van der Waals surface area contributed by atoms with E-state index in [0.29, 0.717) is 6.42 Å². The van der Waals surface area contributed by atoms with Gasteiger partial charge in [-0.15, -0.1) is 0 Å². The van der Waals surface area contributed by atoms with Gasteiger partial charge in [-0.1, -0.05) is 53.7 Å². The molecule has 3 nitrogen and oxygen atoms in total. The van der Waals surface area contributed by atoms with Crippen LogP contribution in [0.25, 0.3) is 11.1 Å². The normalized spacial score (nSPS) is 16.6. The van der Waals surface area contributed by atoms with Crippen molar-refractivity contribution in [3.05, 3.63) is 56.6 Å². The molecule has 0 radical (unpaired) electrons. The first kappa shape index (κ1) is 23.4. The van der Waals surface area contributed by atoms with Crippen LogP contribution in [0.4, 0.5) is 0 Å². The fourth-order valence-electron chi connectivity index (χ4n) is 4.89. The molecule has 1 aliphatic rings. The van der Waals surface area contributed by atoms with Crippen molar-refractivity contribution in [3.8, 4) is 11.1 Å². The minimum absolute atomic E-state index is 0.0155. The molecule has 2 aromatic rings. The van der Waals surface area contributed by atoms with Crippen molar-refractivity contribution in [2.24, 2.45) is 0 Å². The fraction of sp³-hybridized carbons (Fsp3) is 0.538. The molecule has 164 valence electrons. The van der Waals surface area contributed by atoms with E-state index >= 15 is 0 Å². The minimum atomic E-state index is -2.45. The summed E-state index contributed by atoms with van der Waals surface area (Å²) in [5.74, 6) is 0. The maximum absolute atomic E-state index is 9.82. The highest BCUT2D eigenvalue weighted by molar-refractivity contribution is 7.39. The van der Waals surface area contributed by atoms with Crippen LogP contribution < -0.4 is 0 Å². The summed E-state index contributed by atoms with van der Waals surface area (Å²) in [7, 11) is -2.45. The Kier molecular flexibility index (Phi) is 6.02. The zero-order chi connectivity index (χ0) is 22.8. The molecule has 4 heteroatoms. The van der Waals surface area contributed by atoms with Crippen molar-refractivity contribution in [1.29, 1.82) is 0 Å². The van der Waals surface area contributed by atoms with Crippen LogP contribution in [0.15, 0.2) is 12.1 Å². The van der Waals surface area contributed by atoms with E-state index in [-0.39, 0.29) is 16.9 Å². The Labute approximate surface area is 183 Å². The maximum Gasteiger partial charge on any atom is 0.327 e. The van der Waals surface area contributed by atoms with Crippen LogP contribution in [-0.2, 0) is 21.8 Å². The standard InChI is InChI=1S/C26H37O3P/c1-14-11-19(25(5,6)7)18-13-21(29-30(27)28)24-20(26(8,9)10)12-15(2)17(4)23(24)22(18)16(14)3/h11-12,21,27-28H,13H2,1-10H3/t21-/m0/s1. The van der Waals surface area contributed by atoms with Gasteiger partial charge < -0.3 is 14.3 Å². The van der Waals surface area contributed by atoms with E-state index in [4.69, 9.17) is 4.52 Å². The Morgan fingerprint density at radius 3 is 1.73 bits per heavy atom. The number of rotatable bonds is 2. The van der Waals surface area contributed by atoms with Gasteiger partial charge in [-0.25, -0.2) is 0 Å². The number of fused-ring (bicyclic) bond motifs is 3. The molecule has 0 bridgehead atoms. The van der Waals surface area contributed by atoms with E-state index in [0.717, 1.165) is 5.56 Å². The van der Waals surface area contributed by atoms with Crippen LogP contribution in [0.1, 0.15) is 92.2 Å². The van der Waals surface area contributed by atoms with Crippen molar-refractivity contribution in [3.63, 3.8) is 0 Å². The second-order valence-electron chi connectivity index (χ2n) is 10.9. The molecule has 0 spiro atoms. The third-order valence-corrected chi connectivity index (χ3v) is 7.08. The Bertz CT molecular complexity index is 991. The molecule has 2 aromatic carbocycles. The molecule has 0 saturated carbocycles. The molecule has 1 atom stereocenters. The average Bonchev–Trinajstić information content (AvgIpc) is 2.58. The number of hydrogen-bond acceptors (Lipinski definition) is 3. The number of aryl methyl sites for hydroxylation is 2. The molecule has 1 aliphatic carbocycles. The molecule has 0 amide bonds. The van der Waals surface area contributed by atoms with Gasteiger partial charge in [-0.3, -0.25) is 0 Å². The summed E-state index contributed by atoms with van der Waals surface area (Å²) in [6, 6.07) is 4.58. The van der Waals surface area contributed by atoms with Crippen LogP contribution in [0, 0.1) is 27.7 Å². The van der Waals surface area contributed by atoms with E-state index in [1.165, 1.54) is 50.1 Å². The molecule has 0 aliphatic heterocycles. The van der Waals surface area contributed by atoms with E-state index in [9.17, 15) is 9.79 Å². The summed E-state index contributed by atoms with van der Waals surface area (Å²) >= 11 is 0. The SMILES string of the molecule is Cc1cc(C(C)(C)C)c2c(c1C)-c1c(C)c(C)cc(C(C)(C)C)c1[C@@H](OP(O)O)C2. The van der Waals surface area contributed by atoms with Gasteiger partial charge in [0.05, 0.1) is 6.10 Å². The van der Waals surface area contributed by atoms with Gasteiger partial charge >= 0.3 is 8.60 Å². The third-order valence-electron chi connectivity index (χ3n) is 6.64. The molecule has 0 heterocycles. The maximum atomic E-state index is 9.82. The zero-order valence-corrected chi connectivity index (χ0v) is 21.1. The lowest BCUT2D eigenvalue weighted by Gasteiger charge is -2.39. The monoisotopic (exact) mass is 428 g/mol. The quantitative estimate of drug-likeness (QED) is 0.506. The van der Waals surface area contributed by atoms with Crippen molar-refractivity contribution in [2.45, 2.75) is 92.6 Å². The van der Waals surface area contributed by atoms with Gasteiger partial charge in [0.2, 0.25) is 0 Å². The van der Waals surface area contributed by atoms with Crippen molar-refractivity contribution < 1.29 is 14.3 Å². The summed E-state index contributed by atoms with van der Waals surface area (Å²) in [4.78, 5) is 19.6. The highest BCUT2D eigenvalue weighted by Crippen LogP contribution is 2.53. The zero-order valence-electron chi connectivity index (χ0n) is 20.2. The Morgan fingerprint density at radius 2 is 1.27 bits per heavy atom. The Balaban J connectivity index is 2.53. The summed E-state index contributed by atoms with van der Waals surface area (Å²) in [5, 5.41) is 0. The highest BCUT2D eigenvalue weighted by atomic mass is 31.2. The number of benzene rings is 2. The first-order chi connectivity index (χ1) is 13.6. The lowest BCUT2D eigenvalue weighted by Crippen LogP contribution is -2.26. The van der Waals surface area contributed by atoms with Gasteiger partial charge in [-0.05, 0) is 94.2 Å². The minimum Gasteiger partial charge on any atom is -0.328 e. The van der Waals surface area contributed by atoms with Crippen LogP contribution in [0.5, 0.6) is 0 Å². The predicted molar refractivity (Wildman–Crippen MR) is 127 cm³/mol. The molecular weight excluding hydrogens is 391 g/mol. The van der Waals surface area contributed by atoms with E-state index in [1.54, 1.807) is 0 Å². The first-order valence-electron chi connectivity index (χ1n) is 10.8. The second-order valence-corrected chi connectivity index (χ2v) is 11.6. The van der Waals surface area contributed by atoms with E-state index in [2.05, 4.69) is 81.4 Å². The third kappa shape index (κ3) is 3.98. The molecule has 0 fully saturated rings. The van der Waals surface area contributed by atoms with E-state index in [1.807, 2.05) is 0 Å². The van der Waals surface area contributed by atoms with Gasteiger partial charge in [0.15, 0.2) is 0 Å². The molecule has 2 N–H and O–H groups in total. The first-order valence-corrected chi connectivity index (χ1v) is 11.9. The molecule has 3 rings (SSSR count). The molecule has 30 heavy (non-hydrogen) atoms.